The summed E-state index contributed by atoms with van der Waals surface area (Å²) < 4.78 is 5.02. The van der Waals surface area contributed by atoms with Crippen LogP contribution in [0.2, 0.25) is 0 Å². The molecule has 3 amide bonds. The van der Waals surface area contributed by atoms with E-state index < -0.39 is 0 Å². The quantitative estimate of drug-likeness (QED) is 0.694. The molecule has 0 aliphatic heterocycles. The highest BCUT2D eigenvalue weighted by atomic mass is 16.5. The Balaban J connectivity index is 1.77. The highest BCUT2D eigenvalue weighted by Gasteiger charge is 2.30. The van der Waals surface area contributed by atoms with Crippen LogP contribution in [0.4, 0.5) is 5.69 Å². The van der Waals surface area contributed by atoms with Gasteiger partial charge in [0.15, 0.2) is 0 Å². The van der Waals surface area contributed by atoms with Crippen LogP contribution in [0.3, 0.4) is 0 Å². The Bertz CT molecular complexity index is 626. The van der Waals surface area contributed by atoms with Gasteiger partial charge >= 0.3 is 0 Å². The minimum absolute atomic E-state index is 0.00689. The summed E-state index contributed by atoms with van der Waals surface area (Å²) in [6.07, 6.45) is 2.81. The van der Waals surface area contributed by atoms with Crippen molar-refractivity contribution in [1.82, 2.24) is 10.2 Å². The second-order valence-electron chi connectivity index (χ2n) is 6.57. The number of amides is 3. The molecule has 0 saturated heterocycles. The van der Waals surface area contributed by atoms with Gasteiger partial charge in [-0.05, 0) is 31.9 Å². The lowest BCUT2D eigenvalue weighted by Gasteiger charge is -2.31. The zero-order chi connectivity index (χ0) is 18.9. The second-order valence-corrected chi connectivity index (χ2v) is 6.57. The van der Waals surface area contributed by atoms with Gasteiger partial charge in [0.1, 0.15) is 0 Å². The van der Waals surface area contributed by atoms with E-state index in [4.69, 9.17) is 4.74 Å². The summed E-state index contributed by atoms with van der Waals surface area (Å²) in [4.78, 5) is 38.0. The maximum atomic E-state index is 12.4. The van der Waals surface area contributed by atoms with Gasteiger partial charge in [0, 0.05) is 25.3 Å². The number of hydrogen-bond acceptors (Lipinski definition) is 4. The minimum atomic E-state index is -0.354. The van der Waals surface area contributed by atoms with Crippen molar-refractivity contribution in [1.29, 1.82) is 0 Å². The van der Waals surface area contributed by atoms with Crippen molar-refractivity contribution in [3.8, 4) is 0 Å². The summed E-state index contributed by atoms with van der Waals surface area (Å²) in [6, 6.07) is 7.40. The number of hydrogen-bond donors (Lipinski definition) is 2. The van der Waals surface area contributed by atoms with E-state index in [0.29, 0.717) is 18.8 Å². The predicted octanol–water partition coefficient (Wildman–Crippen LogP) is 1.32. The van der Waals surface area contributed by atoms with Gasteiger partial charge in [0.2, 0.25) is 17.7 Å². The third-order valence-electron chi connectivity index (χ3n) is 4.45. The molecule has 1 aromatic carbocycles. The summed E-state index contributed by atoms with van der Waals surface area (Å²) in [5, 5.41) is 5.28. The Hall–Kier alpha value is -2.41. The summed E-state index contributed by atoms with van der Waals surface area (Å²) in [7, 11) is 1.56. The number of nitrogens with zero attached hydrogens (tertiary/aromatic N) is 1. The maximum absolute atomic E-state index is 12.4. The molecule has 26 heavy (non-hydrogen) atoms. The predicted molar refractivity (Wildman–Crippen MR) is 98.6 cm³/mol. The smallest absolute Gasteiger partial charge is 0.243 e. The van der Waals surface area contributed by atoms with E-state index in [2.05, 4.69) is 10.6 Å². The van der Waals surface area contributed by atoms with E-state index in [-0.39, 0.29) is 36.7 Å². The van der Waals surface area contributed by atoms with Gasteiger partial charge in [0.25, 0.3) is 0 Å². The number of aryl methyl sites for hydroxylation is 1. The standard InChI is InChI=1S/C19H27N3O4/c1-14-6-8-16(9-7-14)21-17(23)12-20-18(24)13-22(10-11-26-2)19(25)15-4-3-5-15/h6-9,15H,3-5,10-13H2,1-2H3,(H,20,24)(H,21,23). The molecule has 7 nitrogen and oxygen atoms in total. The van der Waals surface area contributed by atoms with Gasteiger partial charge in [-0.25, -0.2) is 0 Å². The van der Waals surface area contributed by atoms with Crippen LogP contribution < -0.4 is 10.6 Å². The number of benzene rings is 1. The first kappa shape index (κ1) is 19.9. The molecule has 1 aliphatic rings. The number of carbonyl (C=O) groups excluding carboxylic acids is 3. The Kier molecular flexibility index (Phi) is 7.59. The molecule has 1 aromatic rings. The first-order valence-electron chi connectivity index (χ1n) is 8.90. The van der Waals surface area contributed by atoms with Crippen molar-refractivity contribution in [3.63, 3.8) is 0 Å². The van der Waals surface area contributed by atoms with Gasteiger partial charge in [0.05, 0.1) is 19.7 Å². The zero-order valence-electron chi connectivity index (χ0n) is 15.4. The number of rotatable bonds is 9. The summed E-state index contributed by atoms with van der Waals surface area (Å²) in [5.74, 6) is -0.652. The maximum Gasteiger partial charge on any atom is 0.243 e. The molecule has 0 radical (unpaired) electrons. The molecule has 7 heteroatoms. The average Bonchev–Trinajstić information content (AvgIpc) is 2.57. The average molecular weight is 361 g/mol. The molecule has 0 aromatic heterocycles. The Morgan fingerprint density at radius 2 is 1.85 bits per heavy atom. The van der Waals surface area contributed by atoms with E-state index in [1.165, 1.54) is 4.90 Å². The molecule has 1 fully saturated rings. The van der Waals surface area contributed by atoms with Gasteiger partial charge < -0.3 is 20.3 Å². The molecule has 0 atom stereocenters. The highest BCUT2D eigenvalue weighted by molar-refractivity contribution is 5.95. The number of carbonyl (C=O) groups is 3. The molecular formula is C19H27N3O4. The molecule has 1 saturated carbocycles. The molecule has 0 bridgehead atoms. The Morgan fingerprint density at radius 1 is 1.15 bits per heavy atom. The molecular weight excluding hydrogens is 334 g/mol. The molecule has 0 heterocycles. The lowest BCUT2D eigenvalue weighted by molar-refractivity contribution is -0.142. The summed E-state index contributed by atoms with van der Waals surface area (Å²) in [6.45, 7) is 2.51. The third kappa shape index (κ3) is 6.15. The fourth-order valence-electron chi connectivity index (χ4n) is 2.63. The monoisotopic (exact) mass is 361 g/mol. The van der Waals surface area contributed by atoms with Gasteiger partial charge in [-0.15, -0.1) is 0 Å². The first-order valence-corrected chi connectivity index (χ1v) is 8.90. The van der Waals surface area contributed by atoms with Crippen LogP contribution in [0.15, 0.2) is 24.3 Å². The van der Waals surface area contributed by atoms with E-state index in [1.54, 1.807) is 19.2 Å². The largest absolute Gasteiger partial charge is 0.383 e. The lowest BCUT2D eigenvalue weighted by atomic mass is 9.84. The Labute approximate surface area is 154 Å². The van der Waals surface area contributed by atoms with Gasteiger partial charge in [-0.2, -0.15) is 0 Å². The SMILES string of the molecule is COCCN(CC(=O)NCC(=O)Nc1ccc(C)cc1)C(=O)C1CCC1. The minimum Gasteiger partial charge on any atom is -0.383 e. The zero-order valence-corrected chi connectivity index (χ0v) is 15.4. The fourth-order valence-corrected chi connectivity index (χ4v) is 2.63. The van der Waals surface area contributed by atoms with E-state index >= 15 is 0 Å². The number of anilines is 1. The summed E-state index contributed by atoms with van der Waals surface area (Å²) >= 11 is 0. The van der Waals surface area contributed by atoms with Gasteiger partial charge in [-0.3, -0.25) is 14.4 Å². The van der Waals surface area contributed by atoms with E-state index in [1.807, 2.05) is 19.1 Å². The van der Waals surface area contributed by atoms with Gasteiger partial charge in [-0.1, -0.05) is 24.1 Å². The van der Waals surface area contributed by atoms with Crippen LogP contribution in [0.25, 0.3) is 0 Å². The molecule has 2 rings (SSSR count). The van der Waals surface area contributed by atoms with E-state index in [9.17, 15) is 14.4 Å². The van der Waals surface area contributed by atoms with Crippen LogP contribution in [-0.4, -0.2) is 56.0 Å². The van der Waals surface area contributed by atoms with Crippen molar-refractivity contribution in [2.75, 3.05) is 38.7 Å². The van der Waals surface area contributed by atoms with Crippen LogP contribution in [0.1, 0.15) is 24.8 Å². The van der Waals surface area contributed by atoms with Crippen LogP contribution in [0.5, 0.6) is 0 Å². The molecule has 2 N–H and O–H groups in total. The fraction of sp³-hybridized carbons (Fsp3) is 0.526. The van der Waals surface area contributed by atoms with Crippen molar-refractivity contribution < 1.29 is 19.1 Å². The van der Waals surface area contributed by atoms with Crippen LogP contribution in [0, 0.1) is 12.8 Å². The number of ether oxygens (including phenoxy) is 1. The van der Waals surface area contributed by atoms with Crippen LogP contribution in [-0.2, 0) is 19.1 Å². The first-order chi connectivity index (χ1) is 12.5. The van der Waals surface area contributed by atoms with Crippen LogP contribution >= 0.6 is 0 Å². The second kappa shape index (κ2) is 9.91. The summed E-state index contributed by atoms with van der Waals surface area (Å²) in [5.41, 5.74) is 1.78. The molecule has 1 aliphatic carbocycles. The number of nitrogens with one attached hydrogen (secondary N) is 2. The normalized spacial score (nSPS) is 13.6. The highest BCUT2D eigenvalue weighted by Crippen LogP contribution is 2.28. The van der Waals surface area contributed by atoms with Crippen molar-refractivity contribution in [3.05, 3.63) is 29.8 Å². The van der Waals surface area contributed by atoms with Crippen molar-refractivity contribution in [2.45, 2.75) is 26.2 Å². The number of methoxy groups -OCH3 is 1. The molecule has 0 spiro atoms. The Morgan fingerprint density at radius 3 is 2.42 bits per heavy atom. The van der Waals surface area contributed by atoms with E-state index in [0.717, 1.165) is 24.8 Å². The van der Waals surface area contributed by atoms with Crippen molar-refractivity contribution >= 4 is 23.4 Å². The molecule has 142 valence electrons. The van der Waals surface area contributed by atoms with Crippen molar-refractivity contribution in [2.24, 2.45) is 5.92 Å². The lowest BCUT2D eigenvalue weighted by Crippen LogP contribution is -2.47. The molecule has 0 unspecified atom stereocenters. The topological polar surface area (TPSA) is 87.7 Å². The third-order valence-corrected chi connectivity index (χ3v) is 4.45.